The van der Waals surface area contributed by atoms with Crippen LogP contribution in [0.25, 0.3) is 5.69 Å². The Bertz CT molecular complexity index is 680. The Morgan fingerprint density at radius 2 is 1.82 bits per heavy atom. The van der Waals surface area contributed by atoms with Gasteiger partial charge < -0.3 is 10.4 Å². The molecular formula is C17H18N4O. The van der Waals surface area contributed by atoms with Crippen molar-refractivity contribution in [2.24, 2.45) is 0 Å². The van der Waals surface area contributed by atoms with Crippen LogP contribution in [0.1, 0.15) is 17.2 Å². The predicted octanol–water partition coefficient (Wildman–Crippen LogP) is 2.09. The first kappa shape index (κ1) is 14.4. The van der Waals surface area contributed by atoms with Gasteiger partial charge in [0, 0.05) is 37.9 Å². The highest BCUT2D eigenvalue weighted by Gasteiger charge is 2.06. The topological polar surface area (TPSA) is 63.0 Å². The Morgan fingerprint density at radius 1 is 1.05 bits per heavy atom. The van der Waals surface area contributed by atoms with E-state index in [1.54, 1.807) is 18.6 Å². The van der Waals surface area contributed by atoms with Crippen LogP contribution in [0, 0.1) is 0 Å². The normalized spacial score (nSPS) is 12.2. The van der Waals surface area contributed by atoms with Gasteiger partial charge in [0.1, 0.15) is 0 Å². The van der Waals surface area contributed by atoms with Crippen molar-refractivity contribution in [3.05, 3.63) is 78.4 Å². The monoisotopic (exact) mass is 294 g/mol. The smallest absolute Gasteiger partial charge is 0.0915 e. The van der Waals surface area contributed by atoms with Crippen molar-refractivity contribution in [1.82, 2.24) is 20.1 Å². The first-order valence-electron chi connectivity index (χ1n) is 7.20. The Kier molecular flexibility index (Phi) is 4.58. The van der Waals surface area contributed by atoms with Gasteiger partial charge in [-0.1, -0.05) is 12.1 Å². The van der Waals surface area contributed by atoms with E-state index in [0.29, 0.717) is 13.1 Å². The molecule has 5 heteroatoms. The molecule has 0 radical (unpaired) electrons. The summed E-state index contributed by atoms with van der Waals surface area (Å²) in [7, 11) is 0. The number of benzene rings is 1. The lowest BCUT2D eigenvalue weighted by Gasteiger charge is -2.12. The Labute approximate surface area is 129 Å². The molecule has 1 atom stereocenters. The maximum absolute atomic E-state index is 10.1. The van der Waals surface area contributed by atoms with Gasteiger partial charge in [0.15, 0.2) is 0 Å². The van der Waals surface area contributed by atoms with Crippen molar-refractivity contribution in [2.45, 2.75) is 12.6 Å². The maximum atomic E-state index is 10.1. The van der Waals surface area contributed by atoms with Crippen LogP contribution >= 0.6 is 0 Å². The molecular weight excluding hydrogens is 276 g/mol. The first-order valence-corrected chi connectivity index (χ1v) is 7.20. The zero-order valence-corrected chi connectivity index (χ0v) is 12.1. The second-order valence-electron chi connectivity index (χ2n) is 5.04. The molecule has 5 nitrogen and oxygen atoms in total. The van der Waals surface area contributed by atoms with Gasteiger partial charge in [-0.25, -0.2) is 4.68 Å². The summed E-state index contributed by atoms with van der Waals surface area (Å²) in [6, 6.07) is 13.7. The lowest BCUT2D eigenvalue weighted by atomic mass is 10.1. The van der Waals surface area contributed by atoms with Crippen molar-refractivity contribution in [3.8, 4) is 5.69 Å². The quantitative estimate of drug-likeness (QED) is 0.731. The molecule has 2 aromatic heterocycles. The molecule has 0 fully saturated rings. The summed E-state index contributed by atoms with van der Waals surface area (Å²) in [5, 5.41) is 17.5. The third kappa shape index (κ3) is 3.58. The van der Waals surface area contributed by atoms with Crippen LogP contribution in [0.15, 0.2) is 67.3 Å². The summed E-state index contributed by atoms with van der Waals surface area (Å²) in [6.07, 6.45) is 6.53. The Hall–Kier alpha value is -2.50. The van der Waals surface area contributed by atoms with E-state index in [1.807, 2.05) is 41.2 Å². The molecule has 2 heterocycles. The van der Waals surface area contributed by atoms with Crippen LogP contribution in [-0.2, 0) is 6.54 Å². The molecule has 0 amide bonds. The number of aliphatic hydroxyl groups excluding tert-OH is 1. The van der Waals surface area contributed by atoms with Crippen LogP contribution in [0.2, 0.25) is 0 Å². The zero-order valence-electron chi connectivity index (χ0n) is 12.1. The van der Waals surface area contributed by atoms with E-state index in [2.05, 4.69) is 27.5 Å². The fraction of sp³-hybridized carbons (Fsp3) is 0.176. The molecule has 1 unspecified atom stereocenters. The summed E-state index contributed by atoms with van der Waals surface area (Å²) in [4.78, 5) is 3.95. The van der Waals surface area contributed by atoms with E-state index in [1.165, 1.54) is 0 Å². The molecule has 2 N–H and O–H groups in total. The number of aliphatic hydroxyl groups is 1. The summed E-state index contributed by atoms with van der Waals surface area (Å²) in [5.41, 5.74) is 3.07. The highest BCUT2D eigenvalue weighted by Crippen LogP contribution is 2.11. The average Bonchev–Trinajstić information content (AvgIpc) is 3.11. The van der Waals surface area contributed by atoms with Crippen molar-refractivity contribution < 1.29 is 5.11 Å². The minimum atomic E-state index is -0.522. The molecule has 0 saturated carbocycles. The fourth-order valence-electron chi connectivity index (χ4n) is 2.24. The van der Waals surface area contributed by atoms with Crippen molar-refractivity contribution in [1.29, 1.82) is 0 Å². The van der Waals surface area contributed by atoms with Gasteiger partial charge in [0.05, 0.1) is 11.8 Å². The van der Waals surface area contributed by atoms with Gasteiger partial charge in [-0.3, -0.25) is 4.98 Å². The number of nitrogens with one attached hydrogen (secondary N) is 1. The highest BCUT2D eigenvalue weighted by atomic mass is 16.3. The van der Waals surface area contributed by atoms with E-state index in [9.17, 15) is 5.11 Å². The molecule has 1 aromatic carbocycles. The highest BCUT2D eigenvalue weighted by molar-refractivity contribution is 5.33. The number of hydrogen-bond donors (Lipinski definition) is 2. The SMILES string of the molecule is OC(CNCc1ccc(-n2cccn2)cc1)c1ccncc1. The number of hydrogen-bond acceptors (Lipinski definition) is 4. The van der Waals surface area contributed by atoms with Crippen LogP contribution in [0.5, 0.6) is 0 Å². The van der Waals surface area contributed by atoms with Crippen molar-refractivity contribution in [2.75, 3.05) is 6.54 Å². The minimum Gasteiger partial charge on any atom is -0.387 e. The van der Waals surface area contributed by atoms with Gasteiger partial charge in [-0.05, 0) is 41.5 Å². The third-order valence-corrected chi connectivity index (χ3v) is 3.46. The van der Waals surface area contributed by atoms with E-state index >= 15 is 0 Å². The van der Waals surface area contributed by atoms with Crippen LogP contribution in [0.3, 0.4) is 0 Å². The van der Waals surface area contributed by atoms with Crippen LogP contribution in [-0.4, -0.2) is 26.4 Å². The van der Waals surface area contributed by atoms with E-state index in [0.717, 1.165) is 16.8 Å². The molecule has 0 aliphatic carbocycles. The van der Waals surface area contributed by atoms with Crippen LogP contribution < -0.4 is 5.32 Å². The molecule has 3 aromatic rings. The van der Waals surface area contributed by atoms with Gasteiger partial charge in [-0.2, -0.15) is 5.10 Å². The zero-order chi connectivity index (χ0) is 15.2. The lowest BCUT2D eigenvalue weighted by molar-refractivity contribution is 0.174. The Morgan fingerprint density at radius 3 is 2.50 bits per heavy atom. The molecule has 0 saturated heterocycles. The molecule has 0 bridgehead atoms. The average molecular weight is 294 g/mol. The number of pyridine rings is 1. The molecule has 0 spiro atoms. The summed E-state index contributed by atoms with van der Waals surface area (Å²) in [5.74, 6) is 0. The van der Waals surface area contributed by atoms with Gasteiger partial charge in [0.2, 0.25) is 0 Å². The van der Waals surface area contributed by atoms with E-state index in [4.69, 9.17) is 0 Å². The van der Waals surface area contributed by atoms with E-state index < -0.39 is 6.10 Å². The second kappa shape index (κ2) is 6.98. The fourth-order valence-corrected chi connectivity index (χ4v) is 2.24. The van der Waals surface area contributed by atoms with Crippen LogP contribution in [0.4, 0.5) is 0 Å². The molecule has 0 aliphatic rings. The summed E-state index contributed by atoms with van der Waals surface area (Å²) < 4.78 is 1.82. The van der Waals surface area contributed by atoms with Crippen molar-refractivity contribution in [3.63, 3.8) is 0 Å². The van der Waals surface area contributed by atoms with Gasteiger partial charge >= 0.3 is 0 Å². The van der Waals surface area contributed by atoms with E-state index in [-0.39, 0.29) is 0 Å². The number of aromatic nitrogens is 3. The maximum Gasteiger partial charge on any atom is 0.0915 e. The molecule has 22 heavy (non-hydrogen) atoms. The number of rotatable bonds is 6. The third-order valence-electron chi connectivity index (χ3n) is 3.46. The van der Waals surface area contributed by atoms with Gasteiger partial charge in [-0.15, -0.1) is 0 Å². The second-order valence-corrected chi connectivity index (χ2v) is 5.04. The van der Waals surface area contributed by atoms with Crippen molar-refractivity contribution >= 4 is 0 Å². The molecule has 0 aliphatic heterocycles. The predicted molar refractivity (Wildman–Crippen MR) is 84.5 cm³/mol. The minimum absolute atomic E-state index is 0.505. The first-order chi connectivity index (χ1) is 10.8. The molecule has 112 valence electrons. The standard InChI is InChI=1S/C17H18N4O/c22-17(15-6-9-18-10-7-15)13-19-12-14-2-4-16(5-3-14)21-11-1-8-20-21/h1-11,17,19,22H,12-13H2. The lowest BCUT2D eigenvalue weighted by Crippen LogP contribution is -2.21. The van der Waals surface area contributed by atoms with Gasteiger partial charge in [0.25, 0.3) is 0 Å². The Balaban J connectivity index is 1.52. The number of nitrogens with zero attached hydrogens (tertiary/aromatic N) is 3. The largest absolute Gasteiger partial charge is 0.387 e. The summed E-state index contributed by atoms with van der Waals surface area (Å²) in [6.45, 7) is 1.21. The molecule has 3 rings (SSSR count). The summed E-state index contributed by atoms with van der Waals surface area (Å²) >= 11 is 0.